The third kappa shape index (κ3) is 3.19. The predicted octanol–water partition coefficient (Wildman–Crippen LogP) is 0.448. The summed E-state index contributed by atoms with van der Waals surface area (Å²) in [6, 6.07) is 2.01. The van der Waals surface area contributed by atoms with Crippen molar-refractivity contribution in [2.24, 2.45) is 0 Å². The molecule has 1 amide bonds. The van der Waals surface area contributed by atoms with E-state index in [1.165, 1.54) is 0 Å². The molecule has 0 saturated carbocycles. The highest BCUT2D eigenvalue weighted by Crippen LogP contribution is 2.25. The van der Waals surface area contributed by atoms with Crippen molar-refractivity contribution in [3.8, 4) is 0 Å². The van der Waals surface area contributed by atoms with Gasteiger partial charge in [-0.15, -0.1) is 0 Å². The fraction of sp³-hybridized carbons (Fsp3) is 0.714. The molecule has 0 radical (unpaired) electrons. The summed E-state index contributed by atoms with van der Waals surface area (Å²) < 4.78 is 5.32. The Bertz CT molecular complexity index is 428. The minimum Gasteiger partial charge on any atom is -0.379 e. The van der Waals surface area contributed by atoms with Crippen molar-refractivity contribution >= 4 is 5.91 Å². The summed E-state index contributed by atoms with van der Waals surface area (Å²) in [4.78, 5) is 16.6. The maximum absolute atomic E-state index is 12.4. The van der Waals surface area contributed by atoms with E-state index < -0.39 is 0 Å². The zero-order valence-electron chi connectivity index (χ0n) is 11.8. The highest BCUT2D eigenvalue weighted by molar-refractivity contribution is 5.78. The van der Waals surface area contributed by atoms with Crippen LogP contribution in [0.15, 0.2) is 12.3 Å². The summed E-state index contributed by atoms with van der Waals surface area (Å²) >= 11 is 0. The number of rotatable bonds is 3. The summed E-state index contributed by atoms with van der Waals surface area (Å²) in [5.74, 6) is 0.649. The van der Waals surface area contributed by atoms with Crippen LogP contribution in [0.25, 0.3) is 0 Å². The summed E-state index contributed by atoms with van der Waals surface area (Å²) in [5.41, 5.74) is 1.15. The summed E-state index contributed by atoms with van der Waals surface area (Å²) in [6.07, 6.45) is 3.98. The van der Waals surface area contributed by atoms with E-state index in [4.69, 9.17) is 4.74 Å². The smallest absolute Gasteiger partial charge is 0.236 e. The lowest BCUT2D eigenvalue weighted by atomic mass is 9.95. The van der Waals surface area contributed by atoms with Crippen molar-refractivity contribution in [3.63, 3.8) is 0 Å². The number of nitrogens with one attached hydrogen (secondary N) is 1. The lowest BCUT2D eigenvalue weighted by Gasteiger charge is -2.34. The third-order valence-electron chi connectivity index (χ3n) is 4.20. The second-order valence-electron chi connectivity index (χ2n) is 5.58. The fourth-order valence-corrected chi connectivity index (χ4v) is 3.00. The number of aromatic nitrogens is 2. The zero-order chi connectivity index (χ0) is 13.8. The number of carbonyl (C=O) groups excluding carboxylic acids is 1. The van der Waals surface area contributed by atoms with Gasteiger partial charge in [0.05, 0.1) is 19.8 Å². The van der Waals surface area contributed by atoms with Gasteiger partial charge in [-0.3, -0.25) is 14.8 Å². The van der Waals surface area contributed by atoms with Crippen LogP contribution in [0.1, 0.15) is 24.5 Å². The molecule has 3 heterocycles. The minimum absolute atomic E-state index is 0.246. The molecule has 1 aromatic rings. The number of ether oxygens (including phenoxy) is 1. The molecule has 1 N–H and O–H groups in total. The molecule has 0 spiro atoms. The molecule has 0 aromatic carbocycles. The van der Waals surface area contributed by atoms with Gasteiger partial charge in [0.1, 0.15) is 0 Å². The van der Waals surface area contributed by atoms with Crippen molar-refractivity contribution < 1.29 is 9.53 Å². The van der Waals surface area contributed by atoms with Crippen molar-refractivity contribution in [1.82, 2.24) is 20.0 Å². The molecule has 2 fully saturated rings. The number of carbonyl (C=O) groups is 1. The highest BCUT2D eigenvalue weighted by atomic mass is 16.5. The predicted molar refractivity (Wildman–Crippen MR) is 74.4 cm³/mol. The lowest BCUT2D eigenvalue weighted by molar-refractivity contribution is -0.134. The van der Waals surface area contributed by atoms with Crippen molar-refractivity contribution in [1.29, 1.82) is 0 Å². The van der Waals surface area contributed by atoms with Crippen LogP contribution in [0.2, 0.25) is 0 Å². The van der Waals surface area contributed by atoms with E-state index in [-0.39, 0.29) is 5.91 Å². The first kappa shape index (κ1) is 13.6. The van der Waals surface area contributed by atoms with E-state index in [9.17, 15) is 4.79 Å². The van der Waals surface area contributed by atoms with Crippen molar-refractivity contribution in [2.45, 2.75) is 18.8 Å². The van der Waals surface area contributed by atoms with Crippen LogP contribution in [0.4, 0.5) is 0 Å². The molecular formula is C14H22N4O2. The standard InChI is InChI=1S/C14H22N4O2/c19-14(11-17-6-8-20-9-7-17)18-5-1-2-12(10-18)13-3-4-15-16-13/h3-4,12H,1-2,5-11H2,(H,15,16). The Kier molecular flexibility index (Phi) is 4.32. The average Bonchev–Trinajstić information content (AvgIpc) is 3.03. The molecule has 0 bridgehead atoms. The first-order valence-corrected chi connectivity index (χ1v) is 7.40. The number of hydrogen-bond acceptors (Lipinski definition) is 4. The van der Waals surface area contributed by atoms with Crippen molar-refractivity contribution in [3.05, 3.63) is 18.0 Å². The first-order chi connectivity index (χ1) is 9.83. The van der Waals surface area contributed by atoms with E-state index in [2.05, 4.69) is 15.1 Å². The van der Waals surface area contributed by atoms with Crippen LogP contribution in [0.3, 0.4) is 0 Å². The largest absolute Gasteiger partial charge is 0.379 e. The van der Waals surface area contributed by atoms with E-state index >= 15 is 0 Å². The van der Waals surface area contributed by atoms with Crippen LogP contribution in [-0.2, 0) is 9.53 Å². The number of piperidine rings is 1. The van der Waals surface area contributed by atoms with Gasteiger partial charge in [-0.25, -0.2) is 0 Å². The number of H-pyrrole nitrogens is 1. The van der Waals surface area contributed by atoms with Crippen LogP contribution in [0.5, 0.6) is 0 Å². The molecule has 1 atom stereocenters. The number of likely N-dealkylation sites (tertiary alicyclic amines) is 1. The van der Waals surface area contributed by atoms with Crippen LogP contribution in [0, 0.1) is 0 Å². The van der Waals surface area contributed by atoms with E-state index in [0.717, 1.165) is 57.9 Å². The first-order valence-electron chi connectivity index (χ1n) is 7.40. The van der Waals surface area contributed by atoms with E-state index in [1.54, 1.807) is 6.20 Å². The molecule has 6 nitrogen and oxygen atoms in total. The topological polar surface area (TPSA) is 61.5 Å². The lowest BCUT2D eigenvalue weighted by Crippen LogP contribution is -2.47. The molecule has 1 aromatic heterocycles. The molecule has 6 heteroatoms. The molecule has 2 aliphatic heterocycles. The molecule has 20 heavy (non-hydrogen) atoms. The quantitative estimate of drug-likeness (QED) is 0.872. The van der Waals surface area contributed by atoms with Crippen LogP contribution in [-0.4, -0.2) is 71.8 Å². The minimum atomic E-state index is 0.246. The van der Waals surface area contributed by atoms with Gasteiger partial charge in [0.25, 0.3) is 0 Å². The SMILES string of the molecule is O=C(CN1CCOCC1)N1CCCC(c2ccn[nH]2)C1. The Morgan fingerprint density at radius 3 is 3.00 bits per heavy atom. The molecular weight excluding hydrogens is 256 g/mol. The van der Waals surface area contributed by atoms with E-state index in [0.29, 0.717) is 12.5 Å². The Balaban J connectivity index is 1.54. The second kappa shape index (κ2) is 6.37. The van der Waals surface area contributed by atoms with Gasteiger partial charge in [0.15, 0.2) is 0 Å². The maximum Gasteiger partial charge on any atom is 0.236 e. The summed E-state index contributed by atoms with van der Waals surface area (Å²) in [5, 5.41) is 7.04. The second-order valence-corrected chi connectivity index (χ2v) is 5.58. The Labute approximate surface area is 119 Å². The molecule has 110 valence electrons. The Morgan fingerprint density at radius 2 is 2.25 bits per heavy atom. The number of amides is 1. The molecule has 2 aliphatic rings. The monoisotopic (exact) mass is 278 g/mol. The molecule has 0 aliphatic carbocycles. The van der Waals surface area contributed by atoms with Gasteiger partial charge >= 0.3 is 0 Å². The highest BCUT2D eigenvalue weighted by Gasteiger charge is 2.26. The Hall–Kier alpha value is -1.40. The zero-order valence-corrected chi connectivity index (χ0v) is 11.8. The number of hydrogen-bond donors (Lipinski definition) is 1. The van der Waals surface area contributed by atoms with Gasteiger partial charge in [-0.05, 0) is 18.9 Å². The van der Waals surface area contributed by atoms with E-state index in [1.807, 2.05) is 11.0 Å². The fourth-order valence-electron chi connectivity index (χ4n) is 3.00. The molecule has 1 unspecified atom stereocenters. The summed E-state index contributed by atoms with van der Waals surface area (Å²) in [7, 11) is 0. The van der Waals surface area contributed by atoms with Crippen molar-refractivity contribution in [2.75, 3.05) is 45.9 Å². The normalized spacial score (nSPS) is 24.8. The van der Waals surface area contributed by atoms with Gasteiger partial charge in [-0.2, -0.15) is 5.10 Å². The summed E-state index contributed by atoms with van der Waals surface area (Å²) in [6.45, 7) is 5.43. The third-order valence-corrected chi connectivity index (χ3v) is 4.20. The molecule has 2 saturated heterocycles. The number of aromatic amines is 1. The van der Waals surface area contributed by atoms with Crippen LogP contribution >= 0.6 is 0 Å². The average molecular weight is 278 g/mol. The van der Waals surface area contributed by atoms with Gasteiger partial charge in [0, 0.05) is 44.0 Å². The van der Waals surface area contributed by atoms with Gasteiger partial charge in [0.2, 0.25) is 5.91 Å². The van der Waals surface area contributed by atoms with Gasteiger partial charge in [-0.1, -0.05) is 0 Å². The maximum atomic E-state index is 12.4. The number of morpholine rings is 1. The number of nitrogens with zero attached hydrogens (tertiary/aromatic N) is 3. The van der Waals surface area contributed by atoms with Crippen LogP contribution < -0.4 is 0 Å². The Morgan fingerprint density at radius 1 is 1.40 bits per heavy atom. The molecule has 3 rings (SSSR count). The van der Waals surface area contributed by atoms with Gasteiger partial charge < -0.3 is 9.64 Å².